The summed E-state index contributed by atoms with van der Waals surface area (Å²) in [5, 5.41) is 1.06. The van der Waals surface area contributed by atoms with Crippen molar-refractivity contribution < 1.29 is 4.79 Å². The first kappa shape index (κ1) is 14.7. The van der Waals surface area contributed by atoms with Gasteiger partial charge in [0, 0.05) is 5.02 Å². The zero-order valence-electron chi connectivity index (χ0n) is 11.7. The van der Waals surface area contributed by atoms with Gasteiger partial charge in [-0.1, -0.05) is 23.7 Å². The van der Waals surface area contributed by atoms with Crippen molar-refractivity contribution in [1.82, 2.24) is 9.55 Å². The molecule has 0 fully saturated rings. The second-order valence-electron chi connectivity index (χ2n) is 4.91. The number of carbonyl (C=O) groups excluding carboxylic acids is 1. The first-order valence-corrected chi connectivity index (χ1v) is 7.69. The molecular weight excluding hydrogens is 322 g/mol. The van der Waals surface area contributed by atoms with Crippen LogP contribution in [0.3, 0.4) is 0 Å². The minimum absolute atomic E-state index is 0.189. The Labute approximate surface area is 135 Å². The molecule has 1 aromatic carbocycles. The summed E-state index contributed by atoms with van der Waals surface area (Å²) in [6.45, 7) is 2.08. The van der Waals surface area contributed by atoms with Crippen LogP contribution in [-0.2, 0) is 6.54 Å². The molecule has 0 aliphatic heterocycles. The van der Waals surface area contributed by atoms with Gasteiger partial charge >= 0.3 is 0 Å². The molecule has 3 rings (SSSR count). The molecular formula is C15H12ClN3O2S. The molecule has 112 valence electrons. The average molecular weight is 334 g/mol. The highest BCUT2D eigenvalue weighted by molar-refractivity contribution is 7.20. The van der Waals surface area contributed by atoms with Crippen LogP contribution in [0.15, 0.2) is 35.4 Å². The molecule has 0 unspecified atom stereocenters. The Balaban J connectivity index is 2.12. The number of halogens is 1. The maximum absolute atomic E-state index is 12.6. The lowest BCUT2D eigenvalue weighted by Crippen LogP contribution is -2.21. The van der Waals surface area contributed by atoms with E-state index in [-0.39, 0.29) is 5.56 Å². The van der Waals surface area contributed by atoms with E-state index in [1.54, 1.807) is 19.1 Å². The average Bonchev–Trinajstić information content (AvgIpc) is 2.80. The molecule has 0 spiro atoms. The Hall–Kier alpha value is -2.18. The van der Waals surface area contributed by atoms with Crippen LogP contribution in [0.4, 0.5) is 0 Å². The van der Waals surface area contributed by atoms with Gasteiger partial charge in [0.15, 0.2) is 0 Å². The second-order valence-corrected chi connectivity index (χ2v) is 6.34. The van der Waals surface area contributed by atoms with Crippen LogP contribution in [0.1, 0.15) is 20.8 Å². The van der Waals surface area contributed by atoms with E-state index in [9.17, 15) is 9.59 Å². The number of amides is 1. The third-order valence-electron chi connectivity index (χ3n) is 3.38. The Morgan fingerprint density at radius 2 is 2.23 bits per heavy atom. The van der Waals surface area contributed by atoms with Crippen LogP contribution >= 0.6 is 22.9 Å². The zero-order valence-corrected chi connectivity index (χ0v) is 13.2. The van der Waals surface area contributed by atoms with E-state index >= 15 is 0 Å². The van der Waals surface area contributed by atoms with Gasteiger partial charge in [0.1, 0.15) is 4.83 Å². The monoisotopic (exact) mass is 333 g/mol. The summed E-state index contributed by atoms with van der Waals surface area (Å²) in [4.78, 5) is 29.2. The topological polar surface area (TPSA) is 78.0 Å². The maximum atomic E-state index is 12.6. The van der Waals surface area contributed by atoms with Crippen LogP contribution in [0.5, 0.6) is 0 Å². The van der Waals surface area contributed by atoms with Crippen LogP contribution < -0.4 is 11.3 Å². The molecule has 2 N–H and O–H groups in total. The molecule has 2 aromatic heterocycles. The quantitative estimate of drug-likeness (QED) is 0.800. The number of benzene rings is 1. The van der Waals surface area contributed by atoms with Crippen LogP contribution in [0.25, 0.3) is 10.2 Å². The first-order valence-electron chi connectivity index (χ1n) is 6.50. The first-order chi connectivity index (χ1) is 10.5. The van der Waals surface area contributed by atoms with Crippen LogP contribution in [-0.4, -0.2) is 15.5 Å². The minimum Gasteiger partial charge on any atom is -0.365 e. The molecule has 0 saturated carbocycles. The SMILES string of the molecule is Cc1c(C(N)=O)sc2ncn(Cc3cccc(Cl)c3)c(=O)c12. The standard InChI is InChI=1S/C15H12ClN3O2S/c1-8-11-14(22-12(8)13(17)20)18-7-19(15(11)21)6-9-3-2-4-10(16)5-9/h2-5,7H,6H2,1H3,(H2,17,20). The van der Waals surface area contributed by atoms with E-state index < -0.39 is 5.91 Å². The van der Waals surface area contributed by atoms with Gasteiger partial charge in [0.05, 0.1) is 23.1 Å². The second kappa shape index (κ2) is 5.55. The van der Waals surface area contributed by atoms with E-state index in [1.165, 1.54) is 10.9 Å². The fourth-order valence-corrected chi connectivity index (χ4v) is 3.54. The van der Waals surface area contributed by atoms with Gasteiger partial charge in [-0.25, -0.2) is 4.98 Å². The number of aromatic nitrogens is 2. The molecule has 0 aliphatic carbocycles. The summed E-state index contributed by atoms with van der Waals surface area (Å²) in [5.74, 6) is -0.540. The lowest BCUT2D eigenvalue weighted by Gasteiger charge is -2.06. The van der Waals surface area contributed by atoms with E-state index in [4.69, 9.17) is 17.3 Å². The predicted molar refractivity (Wildman–Crippen MR) is 87.7 cm³/mol. The van der Waals surface area contributed by atoms with Crippen molar-refractivity contribution in [2.75, 3.05) is 0 Å². The lowest BCUT2D eigenvalue weighted by atomic mass is 10.2. The van der Waals surface area contributed by atoms with Crippen molar-refractivity contribution in [2.45, 2.75) is 13.5 Å². The predicted octanol–water partition coefficient (Wildman–Crippen LogP) is 2.57. The normalized spacial score (nSPS) is 11.0. The number of carbonyl (C=O) groups is 1. The number of hydrogen-bond acceptors (Lipinski definition) is 4. The summed E-state index contributed by atoms with van der Waals surface area (Å²) >= 11 is 7.10. The number of primary amides is 1. The molecule has 22 heavy (non-hydrogen) atoms. The smallest absolute Gasteiger partial charge is 0.262 e. The molecule has 0 atom stereocenters. The lowest BCUT2D eigenvalue weighted by molar-refractivity contribution is 0.100. The molecule has 1 amide bonds. The van der Waals surface area contributed by atoms with Gasteiger partial charge in [0.2, 0.25) is 0 Å². The van der Waals surface area contributed by atoms with Gasteiger partial charge in [-0.15, -0.1) is 11.3 Å². The Bertz CT molecular complexity index is 946. The number of thiophene rings is 1. The zero-order chi connectivity index (χ0) is 15.9. The third kappa shape index (κ3) is 2.51. The Morgan fingerprint density at radius 3 is 2.91 bits per heavy atom. The van der Waals surface area contributed by atoms with E-state index in [2.05, 4.69) is 4.98 Å². The largest absolute Gasteiger partial charge is 0.365 e. The van der Waals surface area contributed by atoms with Crippen LogP contribution in [0.2, 0.25) is 5.02 Å². The van der Waals surface area contributed by atoms with Crippen molar-refractivity contribution in [2.24, 2.45) is 5.73 Å². The van der Waals surface area contributed by atoms with Crippen molar-refractivity contribution in [1.29, 1.82) is 0 Å². The highest BCUT2D eigenvalue weighted by Gasteiger charge is 2.17. The number of nitrogens with zero attached hydrogens (tertiary/aromatic N) is 2. The van der Waals surface area contributed by atoms with E-state index in [1.807, 2.05) is 12.1 Å². The summed E-state index contributed by atoms with van der Waals surface area (Å²) < 4.78 is 1.50. The summed E-state index contributed by atoms with van der Waals surface area (Å²) in [7, 11) is 0. The molecule has 5 nitrogen and oxygen atoms in total. The molecule has 2 heterocycles. The van der Waals surface area contributed by atoms with Gasteiger partial charge in [0.25, 0.3) is 11.5 Å². The highest BCUT2D eigenvalue weighted by atomic mass is 35.5. The Morgan fingerprint density at radius 1 is 1.45 bits per heavy atom. The summed E-state index contributed by atoms with van der Waals surface area (Å²) in [6.07, 6.45) is 1.48. The number of hydrogen-bond donors (Lipinski definition) is 1. The van der Waals surface area contributed by atoms with Crippen molar-refractivity contribution in [3.8, 4) is 0 Å². The summed E-state index contributed by atoms with van der Waals surface area (Å²) in [6, 6.07) is 7.29. The molecule has 0 radical (unpaired) electrons. The van der Waals surface area contributed by atoms with E-state index in [0.29, 0.717) is 32.2 Å². The molecule has 0 aliphatic rings. The van der Waals surface area contributed by atoms with Gasteiger partial charge in [-0.2, -0.15) is 0 Å². The Kier molecular flexibility index (Phi) is 3.72. The molecule has 0 saturated heterocycles. The van der Waals surface area contributed by atoms with Crippen molar-refractivity contribution in [3.63, 3.8) is 0 Å². The fraction of sp³-hybridized carbons (Fsp3) is 0.133. The van der Waals surface area contributed by atoms with Crippen molar-refractivity contribution in [3.05, 3.63) is 62.0 Å². The van der Waals surface area contributed by atoms with E-state index in [0.717, 1.165) is 16.9 Å². The fourth-order valence-electron chi connectivity index (χ4n) is 2.34. The maximum Gasteiger partial charge on any atom is 0.262 e. The summed E-state index contributed by atoms with van der Waals surface area (Å²) in [5.41, 5.74) is 6.63. The van der Waals surface area contributed by atoms with Gasteiger partial charge in [-0.3, -0.25) is 14.2 Å². The molecule has 7 heteroatoms. The third-order valence-corrected chi connectivity index (χ3v) is 4.83. The number of aryl methyl sites for hydroxylation is 1. The van der Waals surface area contributed by atoms with Crippen LogP contribution in [0, 0.1) is 6.92 Å². The number of fused-ring (bicyclic) bond motifs is 1. The molecule has 0 bridgehead atoms. The van der Waals surface area contributed by atoms with Gasteiger partial charge < -0.3 is 5.73 Å². The molecule has 3 aromatic rings. The highest BCUT2D eigenvalue weighted by Crippen LogP contribution is 2.26. The number of rotatable bonds is 3. The minimum atomic E-state index is -0.540. The number of nitrogens with two attached hydrogens (primary N) is 1. The van der Waals surface area contributed by atoms with Crippen molar-refractivity contribution >= 4 is 39.1 Å². The van der Waals surface area contributed by atoms with Gasteiger partial charge in [-0.05, 0) is 30.2 Å².